The van der Waals surface area contributed by atoms with Gasteiger partial charge in [0.1, 0.15) is 5.82 Å². The summed E-state index contributed by atoms with van der Waals surface area (Å²) in [4.78, 5) is 31.0. The van der Waals surface area contributed by atoms with Crippen molar-refractivity contribution >= 4 is 34.4 Å². The van der Waals surface area contributed by atoms with Crippen LogP contribution in [0.4, 0.5) is 10.1 Å². The van der Waals surface area contributed by atoms with Gasteiger partial charge in [-0.25, -0.2) is 9.38 Å². The predicted octanol–water partition coefficient (Wildman–Crippen LogP) is 2.82. The Morgan fingerprint density at radius 2 is 2.00 bits per heavy atom. The summed E-state index contributed by atoms with van der Waals surface area (Å²) in [7, 11) is 1.53. The van der Waals surface area contributed by atoms with E-state index in [1.54, 1.807) is 6.07 Å². The van der Waals surface area contributed by atoms with E-state index in [1.807, 2.05) is 12.1 Å². The van der Waals surface area contributed by atoms with Crippen molar-refractivity contribution in [1.82, 2.24) is 10.2 Å². The molecule has 0 radical (unpaired) electrons. The fourth-order valence-electron chi connectivity index (χ4n) is 3.01. The molecule has 2 aliphatic rings. The number of halogens is 1. The van der Waals surface area contributed by atoms with Crippen molar-refractivity contribution in [2.45, 2.75) is 18.2 Å². The molecule has 2 aromatic carbocycles. The van der Waals surface area contributed by atoms with Crippen LogP contribution >= 0.6 is 11.8 Å². The summed E-state index contributed by atoms with van der Waals surface area (Å²) >= 11 is 1.21. The molecule has 1 fully saturated rings. The monoisotopic (exact) mass is 415 g/mol. The maximum atomic E-state index is 13.2. The van der Waals surface area contributed by atoms with Crippen LogP contribution in [0.25, 0.3) is 0 Å². The smallest absolute Gasteiger partial charge is 0.233 e. The van der Waals surface area contributed by atoms with Crippen molar-refractivity contribution in [2.75, 3.05) is 13.8 Å². The second kappa shape index (κ2) is 8.12. The molecule has 0 aromatic heterocycles. The van der Waals surface area contributed by atoms with Crippen molar-refractivity contribution in [3.05, 3.63) is 53.8 Å². The SMILES string of the molecule is CNC(=O)[C@@H]1CC(=O)N(Cc2ccc3c(c2)OCO3)C(=Nc2ccc(F)cc2)S1. The van der Waals surface area contributed by atoms with Crippen LogP contribution < -0.4 is 14.8 Å². The molecule has 150 valence electrons. The van der Waals surface area contributed by atoms with Gasteiger partial charge in [-0.2, -0.15) is 0 Å². The first kappa shape index (κ1) is 19.3. The maximum Gasteiger partial charge on any atom is 0.233 e. The van der Waals surface area contributed by atoms with Gasteiger partial charge in [-0.3, -0.25) is 14.5 Å². The number of carbonyl (C=O) groups excluding carboxylic acids is 2. The molecule has 0 unspecified atom stereocenters. The summed E-state index contributed by atoms with van der Waals surface area (Å²) in [6, 6.07) is 11.1. The zero-order chi connectivity index (χ0) is 20.4. The number of benzene rings is 2. The highest BCUT2D eigenvalue weighted by molar-refractivity contribution is 8.15. The van der Waals surface area contributed by atoms with Crippen molar-refractivity contribution in [3.8, 4) is 11.5 Å². The van der Waals surface area contributed by atoms with E-state index >= 15 is 0 Å². The largest absolute Gasteiger partial charge is 0.454 e. The van der Waals surface area contributed by atoms with Crippen molar-refractivity contribution in [3.63, 3.8) is 0 Å². The fourth-order valence-corrected chi connectivity index (χ4v) is 4.16. The first-order valence-electron chi connectivity index (χ1n) is 8.95. The Hall–Kier alpha value is -3.07. The molecule has 0 aliphatic carbocycles. The number of aliphatic imine (C=N–C) groups is 1. The Balaban J connectivity index is 1.64. The molecule has 29 heavy (non-hydrogen) atoms. The molecule has 2 aromatic rings. The van der Waals surface area contributed by atoms with Gasteiger partial charge in [-0.1, -0.05) is 17.8 Å². The van der Waals surface area contributed by atoms with Crippen LogP contribution in [0.3, 0.4) is 0 Å². The van der Waals surface area contributed by atoms with Crippen LogP contribution in [0.15, 0.2) is 47.5 Å². The standard InChI is InChI=1S/C20H18FN3O4S/c1-22-19(26)17-9-18(25)24(10-12-2-7-15-16(8-12)28-11-27-15)20(29-17)23-14-5-3-13(21)4-6-14/h2-8,17H,9-11H2,1H3,(H,22,26)/t17-/m0/s1. The predicted molar refractivity (Wildman–Crippen MR) is 107 cm³/mol. The highest BCUT2D eigenvalue weighted by Crippen LogP contribution is 2.34. The van der Waals surface area contributed by atoms with Crippen LogP contribution in [0.5, 0.6) is 11.5 Å². The van der Waals surface area contributed by atoms with Crippen LogP contribution in [0, 0.1) is 5.82 Å². The summed E-state index contributed by atoms with van der Waals surface area (Å²) in [5, 5.41) is 2.39. The zero-order valence-corrected chi connectivity index (χ0v) is 16.4. The Labute approximate surface area is 170 Å². The maximum absolute atomic E-state index is 13.2. The van der Waals surface area contributed by atoms with Crippen LogP contribution in [-0.4, -0.2) is 41.0 Å². The van der Waals surface area contributed by atoms with Gasteiger partial charge in [0.05, 0.1) is 17.5 Å². The van der Waals surface area contributed by atoms with Crippen molar-refractivity contribution in [2.24, 2.45) is 4.99 Å². The molecule has 0 spiro atoms. The molecule has 1 atom stereocenters. The van der Waals surface area contributed by atoms with E-state index in [4.69, 9.17) is 9.47 Å². The van der Waals surface area contributed by atoms with Crippen molar-refractivity contribution in [1.29, 1.82) is 0 Å². The number of amides is 2. The van der Waals surface area contributed by atoms with E-state index in [9.17, 15) is 14.0 Å². The van der Waals surface area contributed by atoms with Gasteiger partial charge in [0.25, 0.3) is 0 Å². The summed E-state index contributed by atoms with van der Waals surface area (Å²) in [5.74, 6) is 0.461. The van der Waals surface area contributed by atoms with E-state index in [0.29, 0.717) is 22.4 Å². The van der Waals surface area contributed by atoms with Gasteiger partial charge in [-0.05, 0) is 42.0 Å². The third-order valence-corrected chi connectivity index (χ3v) is 5.70. The number of ether oxygens (including phenoxy) is 2. The Morgan fingerprint density at radius 3 is 2.76 bits per heavy atom. The molecule has 2 heterocycles. The minimum atomic E-state index is -0.570. The summed E-state index contributed by atoms with van der Waals surface area (Å²) in [5.41, 5.74) is 1.34. The lowest BCUT2D eigenvalue weighted by atomic mass is 10.1. The van der Waals surface area contributed by atoms with E-state index < -0.39 is 5.25 Å². The average Bonchev–Trinajstić information content (AvgIpc) is 3.19. The molecular formula is C20H18FN3O4S. The number of hydrogen-bond donors (Lipinski definition) is 1. The first-order chi connectivity index (χ1) is 14.0. The zero-order valence-electron chi connectivity index (χ0n) is 15.6. The number of thioether (sulfide) groups is 1. The minimum Gasteiger partial charge on any atom is -0.454 e. The Bertz CT molecular complexity index is 980. The number of carbonyl (C=O) groups is 2. The quantitative estimate of drug-likeness (QED) is 0.831. The van der Waals surface area contributed by atoms with Crippen molar-refractivity contribution < 1.29 is 23.5 Å². The van der Waals surface area contributed by atoms with Gasteiger partial charge < -0.3 is 14.8 Å². The van der Waals surface area contributed by atoms with Gasteiger partial charge in [-0.15, -0.1) is 0 Å². The Morgan fingerprint density at radius 1 is 1.24 bits per heavy atom. The van der Waals surface area contributed by atoms with Gasteiger partial charge >= 0.3 is 0 Å². The lowest BCUT2D eigenvalue weighted by Crippen LogP contribution is -2.45. The molecule has 0 saturated carbocycles. The molecular weight excluding hydrogens is 397 g/mol. The third kappa shape index (κ3) is 4.19. The molecule has 2 aliphatic heterocycles. The highest BCUT2D eigenvalue weighted by atomic mass is 32.2. The number of hydrogen-bond acceptors (Lipinski definition) is 6. The van der Waals surface area contributed by atoms with Gasteiger partial charge in [0.15, 0.2) is 16.7 Å². The lowest BCUT2D eigenvalue weighted by Gasteiger charge is -2.31. The molecule has 1 saturated heterocycles. The normalized spacial score (nSPS) is 19.5. The van der Waals surface area contributed by atoms with Gasteiger partial charge in [0.2, 0.25) is 18.6 Å². The van der Waals surface area contributed by atoms with Crippen LogP contribution in [0.2, 0.25) is 0 Å². The molecule has 7 nitrogen and oxygen atoms in total. The molecule has 0 bridgehead atoms. The van der Waals surface area contributed by atoms with E-state index in [1.165, 1.54) is 48.0 Å². The number of amidine groups is 1. The second-order valence-corrected chi connectivity index (χ2v) is 7.63. The first-order valence-corrected chi connectivity index (χ1v) is 9.83. The van der Waals surface area contributed by atoms with E-state index in [0.717, 1.165) is 5.56 Å². The number of rotatable bonds is 4. The van der Waals surface area contributed by atoms with E-state index in [-0.39, 0.29) is 37.4 Å². The summed E-state index contributed by atoms with van der Waals surface area (Å²) in [6.45, 7) is 0.436. The Kier molecular flexibility index (Phi) is 5.39. The van der Waals surface area contributed by atoms with Gasteiger partial charge in [0, 0.05) is 13.5 Å². The molecule has 2 amide bonds. The number of fused-ring (bicyclic) bond motifs is 1. The lowest BCUT2D eigenvalue weighted by molar-refractivity contribution is -0.130. The van der Waals surface area contributed by atoms with Crippen LogP contribution in [0.1, 0.15) is 12.0 Å². The van der Waals surface area contributed by atoms with E-state index in [2.05, 4.69) is 10.3 Å². The molecule has 9 heteroatoms. The molecule has 1 N–H and O–H groups in total. The number of nitrogens with zero attached hydrogens (tertiary/aromatic N) is 2. The fraction of sp³-hybridized carbons (Fsp3) is 0.250. The number of nitrogens with one attached hydrogen (secondary N) is 1. The molecule has 4 rings (SSSR count). The van der Waals surface area contributed by atoms with Crippen LogP contribution in [-0.2, 0) is 16.1 Å². The summed E-state index contributed by atoms with van der Waals surface area (Å²) in [6.07, 6.45) is 0.0668. The second-order valence-electron chi connectivity index (χ2n) is 6.46. The average molecular weight is 415 g/mol. The minimum absolute atomic E-state index is 0.0668. The topological polar surface area (TPSA) is 80.2 Å². The highest BCUT2D eigenvalue weighted by Gasteiger charge is 2.35. The third-order valence-electron chi connectivity index (χ3n) is 4.51. The summed E-state index contributed by atoms with van der Waals surface area (Å²) < 4.78 is 23.9.